The Morgan fingerprint density at radius 2 is 1.71 bits per heavy atom. The van der Waals surface area contributed by atoms with Crippen LogP contribution in [0.3, 0.4) is 0 Å². The molecule has 0 unspecified atom stereocenters. The van der Waals surface area contributed by atoms with Crippen LogP contribution in [0.5, 0.6) is 0 Å². The van der Waals surface area contributed by atoms with E-state index in [9.17, 15) is 9.59 Å². The zero-order valence-electron chi connectivity index (χ0n) is 15.2. The van der Waals surface area contributed by atoms with Gasteiger partial charge in [0.1, 0.15) is 5.60 Å². The lowest BCUT2D eigenvalue weighted by Crippen LogP contribution is -2.63. The maximum Gasteiger partial charge on any atom is 0.410 e. The standard InChI is InChI=1S/C18H31N3O3/c1-18(2,3)24-17(23)20-10-8-14(9-11-20)19-16(22)21-12-13-6-4-5-7-15(13)21/h13-15H,4-12H2,1-3H3,(H,19,22)/t13-,15-/m1/s1. The van der Waals surface area contributed by atoms with Crippen molar-refractivity contribution >= 4 is 12.1 Å². The van der Waals surface area contributed by atoms with Gasteiger partial charge in [0.2, 0.25) is 0 Å². The number of fused-ring (bicyclic) bond motifs is 1. The van der Waals surface area contributed by atoms with Crippen molar-refractivity contribution in [2.24, 2.45) is 5.92 Å². The van der Waals surface area contributed by atoms with Gasteiger partial charge in [-0.3, -0.25) is 0 Å². The topological polar surface area (TPSA) is 61.9 Å². The van der Waals surface area contributed by atoms with Gasteiger partial charge in [0.05, 0.1) is 0 Å². The smallest absolute Gasteiger partial charge is 0.410 e. The summed E-state index contributed by atoms with van der Waals surface area (Å²) in [4.78, 5) is 28.3. The van der Waals surface area contributed by atoms with Crippen molar-refractivity contribution < 1.29 is 14.3 Å². The van der Waals surface area contributed by atoms with Crippen LogP contribution < -0.4 is 5.32 Å². The number of hydrogen-bond donors (Lipinski definition) is 1. The molecule has 1 N–H and O–H groups in total. The van der Waals surface area contributed by atoms with Gasteiger partial charge in [0, 0.05) is 31.7 Å². The summed E-state index contributed by atoms with van der Waals surface area (Å²) in [5.41, 5.74) is -0.462. The van der Waals surface area contributed by atoms with Crippen LogP contribution in [-0.4, -0.2) is 59.2 Å². The number of ether oxygens (including phenoxy) is 1. The van der Waals surface area contributed by atoms with E-state index in [-0.39, 0.29) is 18.2 Å². The van der Waals surface area contributed by atoms with E-state index >= 15 is 0 Å². The molecule has 2 heterocycles. The summed E-state index contributed by atoms with van der Waals surface area (Å²) >= 11 is 0. The molecule has 0 radical (unpaired) electrons. The third kappa shape index (κ3) is 3.95. The third-order valence-electron chi connectivity index (χ3n) is 5.44. The molecule has 2 aliphatic heterocycles. The van der Waals surface area contributed by atoms with E-state index in [1.807, 2.05) is 25.7 Å². The first-order valence-corrected chi connectivity index (χ1v) is 9.38. The predicted octanol–water partition coefficient (Wildman–Crippen LogP) is 2.97. The molecule has 0 bridgehead atoms. The molecular weight excluding hydrogens is 306 g/mol. The zero-order valence-corrected chi connectivity index (χ0v) is 15.2. The number of nitrogens with one attached hydrogen (secondary N) is 1. The van der Waals surface area contributed by atoms with E-state index in [2.05, 4.69) is 5.32 Å². The minimum Gasteiger partial charge on any atom is -0.444 e. The van der Waals surface area contributed by atoms with Gasteiger partial charge in [-0.1, -0.05) is 12.8 Å². The Bertz CT molecular complexity index is 480. The second kappa shape index (κ2) is 6.81. The molecule has 6 nitrogen and oxygen atoms in total. The fraction of sp³-hybridized carbons (Fsp3) is 0.889. The summed E-state index contributed by atoms with van der Waals surface area (Å²) in [6.45, 7) is 7.85. The van der Waals surface area contributed by atoms with Crippen LogP contribution in [-0.2, 0) is 4.74 Å². The summed E-state index contributed by atoms with van der Waals surface area (Å²) in [5.74, 6) is 0.735. The molecule has 1 aliphatic carbocycles. The van der Waals surface area contributed by atoms with E-state index in [4.69, 9.17) is 4.74 Å². The first-order chi connectivity index (χ1) is 11.3. The SMILES string of the molecule is CC(C)(C)OC(=O)N1CCC(NC(=O)N2C[C@H]3CCCC[C@H]32)CC1. The number of carbonyl (C=O) groups is 2. The molecule has 136 valence electrons. The highest BCUT2D eigenvalue weighted by Gasteiger charge is 2.43. The van der Waals surface area contributed by atoms with E-state index in [0.29, 0.717) is 19.1 Å². The highest BCUT2D eigenvalue weighted by molar-refractivity contribution is 5.76. The maximum atomic E-state index is 12.5. The van der Waals surface area contributed by atoms with Crippen molar-refractivity contribution in [1.82, 2.24) is 15.1 Å². The molecular formula is C18H31N3O3. The van der Waals surface area contributed by atoms with Gasteiger partial charge in [-0.05, 0) is 52.4 Å². The summed E-state index contributed by atoms with van der Waals surface area (Å²) < 4.78 is 5.41. The minimum atomic E-state index is -0.462. The Balaban J connectivity index is 1.41. The van der Waals surface area contributed by atoms with Gasteiger partial charge in [0.15, 0.2) is 0 Å². The third-order valence-corrected chi connectivity index (χ3v) is 5.44. The quantitative estimate of drug-likeness (QED) is 0.800. The molecule has 1 saturated carbocycles. The van der Waals surface area contributed by atoms with Crippen LogP contribution >= 0.6 is 0 Å². The van der Waals surface area contributed by atoms with Crippen LogP contribution in [0.25, 0.3) is 0 Å². The largest absolute Gasteiger partial charge is 0.444 e. The second-order valence-electron chi connectivity index (χ2n) is 8.46. The molecule has 0 aromatic carbocycles. The minimum absolute atomic E-state index is 0.0915. The Kier molecular flexibility index (Phi) is 4.92. The normalized spacial score (nSPS) is 28.0. The Hall–Kier alpha value is -1.46. The molecule has 3 fully saturated rings. The number of piperidine rings is 1. The second-order valence-corrected chi connectivity index (χ2v) is 8.46. The molecule has 24 heavy (non-hydrogen) atoms. The van der Waals surface area contributed by atoms with Crippen molar-refractivity contribution in [3.05, 3.63) is 0 Å². The molecule has 6 heteroatoms. The van der Waals surface area contributed by atoms with Gasteiger partial charge in [-0.15, -0.1) is 0 Å². The zero-order chi connectivity index (χ0) is 17.3. The summed E-state index contributed by atoms with van der Waals surface area (Å²) in [6, 6.07) is 0.730. The Morgan fingerprint density at radius 1 is 1.04 bits per heavy atom. The number of nitrogens with zero attached hydrogens (tertiary/aromatic N) is 2. The lowest BCUT2D eigenvalue weighted by molar-refractivity contribution is 0.0140. The van der Waals surface area contributed by atoms with Gasteiger partial charge in [-0.25, -0.2) is 9.59 Å². The van der Waals surface area contributed by atoms with Gasteiger partial charge in [-0.2, -0.15) is 0 Å². The fourth-order valence-electron chi connectivity index (χ4n) is 4.09. The lowest BCUT2D eigenvalue weighted by Gasteiger charge is -2.51. The molecule has 2 saturated heterocycles. The predicted molar refractivity (Wildman–Crippen MR) is 91.8 cm³/mol. The lowest BCUT2D eigenvalue weighted by atomic mass is 9.77. The van der Waals surface area contributed by atoms with Gasteiger partial charge < -0.3 is 19.9 Å². The van der Waals surface area contributed by atoms with E-state index in [1.54, 1.807) is 4.90 Å². The van der Waals surface area contributed by atoms with E-state index < -0.39 is 5.60 Å². The van der Waals surface area contributed by atoms with Crippen LogP contribution in [0.2, 0.25) is 0 Å². The summed E-state index contributed by atoms with van der Waals surface area (Å²) in [7, 11) is 0. The van der Waals surface area contributed by atoms with Gasteiger partial charge >= 0.3 is 12.1 Å². The monoisotopic (exact) mass is 337 g/mol. The molecule has 0 aromatic rings. The number of carbonyl (C=O) groups excluding carboxylic acids is 2. The van der Waals surface area contributed by atoms with Crippen LogP contribution in [0, 0.1) is 5.92 Å². The van der Waals surface area contributed by atoms with Crippen molar-refractivity contribution in [3.63, 3.8) is 0 Å². The molecule has 2 atom stereocenters. The average molecular weight is 337 g/mol. The van der Waals surface area contributed by atoms with Crippen molar-refractivity contribution in [1.29, 1.82) is 0 Å². The van der Waals surface area contributed by atoms with Crippen molar-refractivity contribution in [2.45, 2.75) is 77.0 Å². The Labute approximate surface area is 144 Å². The van der Waals surface area contributed by atoms with Crippen LogP contribution in [0.4, 0.5) is 9.59 Å². The fourth-order valence-corrected chi connectivity index (χ4v) is 4.09. The first kappa shape index (κ1) is 17.4. The van der Waals surface area contributed by atoms with Gasteiger partial charge in [0.25, 0.3) is 0 Å². The highest BCUT2D eigenvalue weighted by atomic mass is 16.6. The molecule has 3 rings (SSSR count). The molecule has 0 aromatic heterocycles. The maximum absolute atomic E-state index is 12.5. The summed E-state index contributed by atoms with van der Waals surface area (Å²) in [5, 5.41) is 3.17. The van der Waals surface area contributed by atoms with Crippen molar-refractivity contribution in [3.8, 4) is 0 Å². The van der Waals surface area contributed by atoms with E-state index in [0.717, 1.165) is 31.7 Å². The Morgan fingerprint density at radius 3 is 2.33 bits per heavy atom. The number of hydrogen-bond acceptors (Lipinski definition) is 3. The first-order valence-electron chi connectivity index (χ1n) is 9.38. The molecule has 3 amide bonds. The van der Waals surface area contributed by atoms with E-state index in [1.165, 1.54) is 19.3 Å². The molecule has 0 spiro atoms. The van der Waals surface area contributed by atoms with Crippen LogP contribution in [0.15, 0.2) is 0 Å². The number of likely N-dealkylation sites (tertiary alicyclic amines) is 2. The number of rotatable bonds is 1. The molecule has 3 aliphatic rings. The highest BCUT2D eigenvalue weighted by Crippen LogP contribution is 2.37. The summed E-state index contributed by atoms with van der Waals surface area (Å²) in [6.07, 6.45) is 6.36. The van der Waals surface area contributed by atoms with Crippen LogP contribution in [0.1, 0.15) is 59.3 Å². The number of amides is 3. The van der Waals surface area contributed by atoms with Crippen molar-refractivity contribution in [2.75, 3.05) is 19.6 Å². The average Bonchev–Trinajstić information content (AvgIpc) is 2.47. The number of urea groups is 1.